The van der Waals surface area contributed by atoms with E-state index < -0.39 is 5.60 Å². The Hall–Kier alpha value is -0.930. The minimum Gasteiger partial charge on any atom is -0.385 e. The van der Waals surface area contributed by atoms with Crippen molar-refractivity contribution in [2.45, 2.75) is 51.2 Å². The molecule has 0 amide bonds. The number of aryl methyl sites for hydroxylation is 1. The number of benzene rings is 1. The van der Waals surface area contributed by atoms with E-state index in [9.17, 15) is 9.50 Å². The third-order valence-corrected chi connectivity index (χ3v) is 4.07. The lowest BCUT2D eigenvalue weighted by atomic mass is 9.76. The highest BCUT2D eigenvalue weighted by Gasteiger charge is 2.42. The first kappa shape index (κ1) is 13.5. The highest BCUT2D eigenvalue weighted by Crippen LogP contribution is 2.42. The van der Waals surface area contributed by atoms with E-state index in [0.29, 0.717) is 19.4 Å². The van der Waals surface area contributed by atoms with E-state index in [2.05, 4.69) is 6.92 Å². The maximum atomic E-state index is 13.2. The van der Waals surface area contributed by atoms with E-state index in [0.717, 1.165) is 17.5 Å². The van der Waals surface area contributed by atoms with Crippen molar-refractivity contribution in [3.05, 3.63) is 35.1 Å². The molecule has 1 heterocycles. The normalized spacial score (nSPS) is 32.5. The predicted molar refractivity (Wildman–Crippen MR) is 68.9 cm³/mol. The Morgan fingerprint density at radius 1 is 1.44 bits per heavy atom. The highest BCUT2D eigenvalue weighted by atomic mass is 19.1. The van der Waals surface area contributed by atoms with Gasteiger partial charge < -0.3 is 9.84 Å². The van der Waals surface area contributed by atoms with Crippen LogP contribution < -0.4 is 0 Å². The van der Waals surface area contributed by atoms with Crippen LogP contribution in [0.15, 0.2) is 18.2 Å². The van der Waals surface area contributed by atoms with Crippen molar-refractivity contribution in [3.8, 4) is 0 Å². The molecule has 1 aromatic carbocycles. The van der Waals surface area contributed by atoms with Gasteiger partial charge in [0.25, 0.3) is 0 Å². The van der Waals surface area contributed by atoms with Gasteiger partial charge in [-0.05, 0) is 43.5 Å². The van der Waals surface area contributed by atoms with Crippen molar-refractivity contribution in [3.63, 3.8) is 0 Å². The lowest BCUT2D eigenvalue weighted by Gasteiger charge is -2.43. The van der Waals surface area contributed by atoms with E-state index in [1.54, 1.807) is 6.07 Å². The fourth-order valence-corrected chi connectivity index (χ4v) is 2.83. The van der Waals surface area contributed by atoms with E-state index in [4.69, 9.17) is 4.74 Å². The average Bonchev–Trinajstić information content (AvgIpc) is 2.28. The molecule has 1 aliphatic heterocycles. The molecule has 2 unspecified atom stereocenters. The fraction of sp³-hybridized carbons (Fsp3) is 0.600. The summed E-state index contributed by atoms with van der Waals surface area (Å²) in [6, 6.07) is 4.59. The highest BCUT2D eigenvalue weighted by molar-refractivity contribution is 5.32. The number of aliphatic hydroxyl groups is 1. The fourth-order valence-electron chi connectivity index (χ4n) is 2.83. The topological polar surface area (TPSA) is 29.5 Å². The Morgan fingerprint density at radius 3 is 2.78 bits per heavy atom. The van der Waals surface area contributed by atoms with Crippen LogP contribution in [-0.4, -0.2) is 17.3 Å². The minimum absolute atomic E-state index is 0.259. The van der Waals surface area contributed by atoms with Crippen molar-refractivity contribution >= 4 is 0 Å². The van der Waals surface area contributed by atoms with Crippen LogP contribution in [0.5, 0.6) is 0 Å². The molecule has 3 heteroatoms. The van der Waals surface area contributed by atoms with Crippen LogP contribution >= 0.6 is 0 Å². The molecule has 0 radical (unpaired) electrons. The van der Waals surface area contributed by atoms with Crippen LogP contribution in [0.2, 0.25) is 0 Å². The maximum absolute atomic E-state index is 13.2. The smallest absolute Gasteiger partial charge is 0.123 e. The summed E-state index contributed by atoms with van der Waals surface area (Å²) in [5, 5.41) is 10.9. The summed E-state index contributed by atoms with van der Waals surface area (Å²) in [6.07, 6.45) is 1.98. The van der Waals surface area contributed by atoms with Gasteiger partial charge in [-0.25, -0.2) is 4.39 Å². The van der Waals surface area contributed by atoms with Gasteiger partial charge in [-0.3, -0.25) is 0 Å². The molecule has 0 saturated carbocycles. The summed E-state index contributed by atoms with van der Waals surface area (Å²) < 4.78 is 18.9. The van der Waals surface area contributed by atoms with E-state index >= 15 is 0 Å². The van der Waals surface area contributed by atoms with Gasteiger partial charge in [0.2, 0.25) is 0 Å². The van der Waals surface area contributed by atoms with Gasteiger partial charge in [0.15, 0.2) is 0 Å². The molecule has 1 aliphatic rings. The summed E-state index contributed by atoms with van der Waals surface area (Å²) >= 11 is 0. The quantitative estimate of drug-likeness (QED) is 0.875. The van der Waals surface area contributed by atoms with Crippen LogP contribution in [0, 0.1) is 12.7 Å². The van der Waals surface area contributed by atoms with Gasteiger partial charge in [-0.2, -0.15) is 0 Å². The van der Waals surface area contributed by atoms with Crippen LogP contribution in [0.4, 0.5) is 4.39 Å². The minimum atomic E-state index is -0.902. The standard InChI is InChI=1S/C15H21FO2/c1-4-14(3)10-15(17,7-8-18-14)13-6-5-12(16)9-11(13)2/h5-6,9,17H,4,7-8,10H2,1-3H3. The molecule has 0 aromatic heterocycles. The van der Waals surface area contributed by atoms with Crippen molar-refractivity contribution in [2.24, 2.45) is 0 Å². The summed E-state index contributed by atoms with van der Waals surface area (Å²) in [5.41, 5.74) is 0.430. The first-order valence-electron chi connectivity index (χ1n) is 6.51. The molecule has 1 aromatic rings. The van der Waals surface area contributed by atoms with E-state index in [1.165, 1.54) is 12.1 Å². The first-order chi connectivity index (χ1) is 8.38. The number of ether oxygens (including phenoxy) is 1. The third kappa shape index (κ3) is 2.43. The van der Waals surface area contributed by atoms with Crippen molar-refractivity contribution in [1.29, 1.82) is 0 Å². The Morgan fingerprint density at radius 2 is 2.17 bits per heavy atom. The Bertz CT molecular complexity index is 446. The summed E-state index contributed by atoms with van der Waals surface area (Å²) in [6.45, 7) is 6.46. The zero-order valence-electron chi connectivity index (χ0n) is 11.3. The molecular weight excluding hydrogens is 231 g/mol. The third-order valence-electron chi connectivity index (χ3n) is 4.07. The summed E-state index contributed by atoms with van der Waals surface area (Å²) in [7, 11) is 0. The molecular formula is C15H21FO2. The molecule has 1 fully saturated rings. The molecule has 2 rings (SSSR count). The molecule has 0 aliphatic carbocycles. The van der Waals surface area contributed by atoms with Crippen molar-refractivity contribution < 1.29 is 14.2 Å². The number of rotatable bonds is 2. The van der Waals surface area contributed by atoms with Crippen LogP contribution in [0.3, 0.4) is 0 Å². The van der Waals surface area contributed by atoms with Crippen LogP contribution in [0.1, 0.15) is 44.2 Å². The second-order valence-electron chi connectivity index (χ2n) is 5.57. The van der Waals surface area contributed by atoms with Gasteiger partial charge in [0.1, 0.15) is 5.82 Å². The number of halogens is 1. The lowest BCUT2D eigenvalue weighted by Crippen LogP contribution is -2.45. The number of hydrogen-bond acceptors (Lipinski definition) is 2. The van der Waals surface area contributed by atoms with Gasteiger partial charge in [-0.1, -0.05) is 13.0 Å². The van der Waals surface area contributed by atoms with Gasteiger partial charge >= 0.3 is 0 Å². The first-order valence-corrected chi connectivity index (χ1v) is 6.51. The van der Waals surface area contributed by atoms with Gasteiger partial charge in [0.05, 0.1) is 17.8 Å². The molecule has 100 valence electrons. The summed E-state index contributed by atoms with van der Waals surface area (Å²) in [5.74, 6) is -0.259. The van der Waals surface area contributed by atoms with Crippen LogP contribution in [-0.2, 0) is 10.3 Å². The number of hydrogen-bond donors (Lipinski definition) is 1. The average molecular weight is 252 g/mol. The van der Waals surface area contributed by atoms with Gasteiger partial charge in [-0.15, -0.1) is 0 Å². The zero-order valence-corrected chi connectivity index (χ0v) is 11.3. The van der Waals surface area contributed by atoms with E-state index in [-0.39, 0.29) is 11.4 Å². The second kappa shape index (κ2) is 4.63. The van der Waals surface area contributed by atoms with E-state index in [1.807, 2.05) is 13.8 Å². The van der Waals surface area contributed by atoms with Gasteiger partial charge in [0, 0.05) is 12.8 Å². The maximum Gasteiger partial charge on any atom is 0.123 e. The monoisotopic (exact) mass is 252 g/mol. The predicted octanol–water partition coefficient (Wildman–Crippen LogP) is 3.30. The molecule has 0 spiro atoms. The van der Waals surface area contributed by atoms with Crippen molar-refractivity contribution in [1.82, 2.24) is 0 Å². The molecule has 0 bridgehead atoms. The second-order valence-corrected chi connectivity index (χ2v) is 5.57. The summed E-state index contributed by atoms with van der Waals surface area (Å²) in [4.78, 5) is 0. The SMILES string of the molecule is CCC1(C)CC(O)(c2ccc(F)cc2C)CCO1. The Kier molecular flexibility index (Phi) is 3.47. The largest absolute Gasteiger partial charge is 0.385 e. The Labute approximate surface area is 108 Å². The Balaban J connectivity index is 2.35. The van der Waals surface area contributed by atoms with Crippen LogP contribution in [0.25, 0.3) is 0 Å². The molecule has 2 nitrogen and oxygen atoms in total. The van der Waals surface area contributed by atoms with Crippen molar-refractivity contribution in [2.75, 3.05) is 6.61 Å². The zero-order chi connectivity index (χ0) is 13.4. The lowest BCUT2D eigenvalue weighted by molar-refractivity contribution is -0.157. The molecule has 18 heavy (non-hydrogen) atoms. The molecule has 1 N–H and O–H groups in total. The molecule has 1 saturated heterocycles. The molecule has 2 atom stereocenters.